The highest BCUT2D eigenvalue weighted by Crippen LogP contribution is 2.34. The first-order valence-corrected chi connectivity index (χ1v) is 12.6. The number of hydrogen-bond acceptors (Lipinski definition) is 2. The summed E-state index contributed by atoms with van der Waals surface area (Å²) in [4.78, 5) is 12.6. The molecule has 0 spiro atoms. The lowest BCUT2D eigenvalue weighted by molar-refractivity contribution is -0.157. The summed E-state index contributed by atoms with van der Waals surface area (Å²) in [6.45, 7) is 6.72. The monoisotopic (exact) mass is 410 g/mol. The number of benzene rings is 1. The molecule has 2 saturated carbocycles. The van der Waals surface area contributed by atoms with E-state index >= 15 is 0 Å². The number of esters is 1. The molecule has 1 aromatic carbocycles. The number of ether oxygens (including phenoxy) is 1. The van der Waals surface area contributed by atoms with E-state index in [1.165, 1.54) is 48.8 Å². The van der Waals surface area contributed by atoms with Crippen LogP contribution in [0.3, 0.4) is 0 Å². The molecule has 2 aliphatic carbocycles. The van der Waals surface area contributed by atoms with E-state index in [-0.39, 0.29) is 18.0 Å². The van der Waals surface area contributed by atoms with Crippen LogP contribution in [0.1, 0.15) is 103 Å². The molecule has 2 aliphatic rings. The Balaban J connectivity index is 1.42. The number of rotatable bonds is 8. The van der Waals surface area contributed by atoms with Crippen molar-refractivity contribution in [3.8, 4) is 0 Å². The van der Waals surface area contributed by atoms with Crippen molar-refractivity contribution in [2.24, 2.45) is 17.8 Å². The predicted octanol–water partition coefficient (Wildman–Crippen LogP) is 7.75. The minimum atomic E-state index is 0.0901. The van der Waals surface area contributed by atoms with Gasteiger partial charge < -0.3 is 4.74 Å². The molecule has 0 aromatic heterocycles. The standard InChI is InChI=1S/C28H42O2/c1-4-6-22-8-14-25(15-9-22)21(3)20-24-12-18-27(19-13-24)30-28(29)26-16-10-23(7-5-2)11-17-26/h8-9,14-15,20,23-24,26-27H,4-7,10-13,16-19H2,1-3H3/b21-20+. The normalized spacial score (nSPS) is 27.6. The Hall–Kier alpha value is -1.57. The van der Waals surface area contributed by atoms with Gasteiger partial charge in [-0.25, -0.2) is 0 Å². The third-order valence-corrected chi connectivity index (χ3v) is 7.31. The summed E-state index contributed by atoms with van der Waals surface area (Å²) in [6.07, 6.45) is 16.3. The minimum absolute atomic E-state index is 0.0901. The fraction of sp³-hybridized carbons (Fsp3) is 0.679. The SMILES string of the molecule is CCCc1ccc(/C(C)=C/C2CCC(OC(=O)C3CCC(CCC)CC3)CC2)cc1. The van der Waals surface area contributed by atoms with Gasteiger partial charge in [0.05, 0.1) is 5.92 Å². The Morgan fingerprint density at radius 1 is 0.933 bits per heavy atom. The van der Waals surface area contributed by atoms with E-state index in [1.54, 1.807) is 0 Å². The molecule has 3 rings (SSSR count). The van der Waals surface area contributed by atoms with Gasteiger partial charge in [0.15, 0.2) is 0 Å². The summed E-state index contributed by atoms with van der Waals surface area (Å²) in [7, 11) is 0. The summed E-state index contributed by atoms with van der Waals surface area (Å²) in [6, 6.07) is 9.06. The van der Waals surface area contributed by atoms with E-state index in [0.717, 1.165) is 50.9 Å². The van der Waals surface area contributed by atoms with Gasteiger partial charge in [-0.2, -0.15) is 0 Å². The van der Waals surface area contributed by atoms with Crippen LogP contribution < -0.4 is 0 Å². The van der Waals surface area contributed by atoms with Gasteiger partial charge in [-0.3, -0.25) is 4.79 Å². The average Bonchev–Trinajstić information content (AvgIpc) is 2.76. The van der Waals surface area contributed by atoms with Crippen LogP contribution in [-0.2, 0) is 16.0 Å². The summed E-state index contributed by atoms with van der Waals surface area (Å²) in [5.74, 6) is 1.70. The van der Waals surface area contributed by atoms with E-state index in [2.05, 4.69) is 51.1 Å². The molecule has 0 unspecified atom stereocenters. The summed E-state index contributed by atoms with van der Waals surface area (Å²) in [5, 5.41) is 0. The Bertz CT molecular complexity index is 671. The fourth-order valence-electron chi connectivity index (χ4n) is 5.40. The van der Waals surface area contributed by atoms with Crippen LogP contribution in [-0.4, -0.2) is 12.1 Å². The number of allylic oxidation sites excluding steroid dienone is 2. The molecular formula is C28H42O2. The maximum absolute atomic E-state index is 12.6. The van der Waals surface area contributed by atoms with E-state index in [1.807, 2.05) is 0 Å². The highest BCUT2D eigenvalue weighted by molar-refractivity contribution is 5.72. The molecule has 2 fully saturated rings. The lowest BCUT2D eigenvalue weighted by Crippen LogP contribution is -2.30. The van der Waals surface area contributed by atoms with Crippen molar-refractivity contribution in [2.75, 3.05) is 0 Å². The lowest BCUT2D eigenvalue weighted by Gasteiger charge is -2.31. The second-order valence-electron chi connectivity index (χ2n) is 9.78. The van der Waals surface area contributed by atoms with Gasteiger partial charge in [0.2, 0.25) is 0 Å². The molecule has 0 heterocycles. The van der Waals surface area contributed by atoms with Gasteiger partial charge >= 0.3 is 5.97 Å². The quantitative estimate of drug-likeness (QED) is 0.409. The molecule has 0 saturated heterocycles. The van der Waals surface area contributed by atoms with Crippen molar-refractivity contribution in [1.82, 2.24) is 0 Å². The number of carbonyl (C=O) groups excluding carboxylic acids is 1. The van der Waals surface area contributed by atoms with Crippen molar-refractivity contribution in [3.05, 3.63) is 41.5 Å². The molecule has 166 valence electrons. The Morgan fingerprint density at radius 2 is 1.60 bits per heavy atom. The smallest absolute Gasteiger partial charge is 0.309 e. The average molecular weight is 411 g/mol. The molecule has 0 N–H and O–H groups in total. The molecule has 0 radical (unpaired) electrons. The maximum atomic E-state index is 12.6. The highest BCUT2D eigenvalue weighted by atomic mass is 16.5. The van der Waals surface area contributed by atoms with Gasteiger partial charge in [-0.05, 0) is 93.2 Å². The topological polar surface area (TPSA) is 26.3 Å². The van der Waals surface area contributed by atoms with Gasteiger partial charge in [0.25, 0.3) is 0 Å². The second kappa shape index (κ2) is 11.7. The zero-order chi connectivity index (χ0) is 21.3. The number of hydrogen-bond donors (Lipinski definition) is 0. The van der Waals surface area contributed by atoms with Crippen molar-refractivity contribution in [2.45, 2.75) is 104 Å². The van der Waals surface area contributed by atoms with Gasteiger partial charge in [0.1, 0.15) is 6.10 Å². The first kappa shape index (κ1) is 23.1. The van der Waals surface area contributed by atoms with Crippen LogP contribution in [0, 0.1) is 17.8 Å². The molecule has 2 heteroatoms. The Kier molecular flexibility index (Phi) is 9.03. The predicted molar refractivity (Wildman–Crippen MR) is 126 cm³/mol. The molecule has 0 bridgehead atoms. The lowest BCUT2D eigenvalue weighted by atomic mass is 9.80. The minimum Gasteiger partial charge on any atom is -0.462 e. The van der Waals surface area contributed by atoms with Crippen LogP contribution in [0.2, 0.25) is 0 Å². The van der Waals surface area contributed by atoms with E-state index < -0.39 is 0 Å². The van der Waals surface area contributed by atoms with Crippen LogP contribution in [0.15, 0.2) is 30.3 Å². The Morgan fingerprint density at radius 3 is 2.20 bits per heavy atom. The molecule has 2 nitrogen and oxygen atoms in total. The first-order chi connectivity index (χ1) is 14.6. The zero-order valence-corrected chi connectivity index (χ0v) is 19.5. The second-order valence-corrected chi connectivity index (χ2v) is 9.78. The first-order valence-electron chi connectivity index (χ1n) is 12.6. The van der Waals surface area contributed by atoms with Crippen LogP contribution >= 0.6 is 0 Å². The highest BCUT2D eigenvalue weighted by Gasteiger charge is 2.30. The van der Waals surface area contributed by atoms with Crippen molar-refractivity contribution in [1.29, 1.82) is 0 Å². The van der Waals surface area contributed by atoms with Crippen LogP contribution in [0.25, 0.3) is 5.57 Å². The Labute approximate surface area is 184 Å². The molecular weight excluding hydrogens is 368 g/mol. The van der Waals surface area contributed by atoms with Gasteiger partial charge in [-0.1, -0.05) is 63.5 Å². The van der Waals surface area contributed by atoms with E-state index in [0.29, 0.717) is 5.92 Å². The molecule has 1 aromatic rings. The molecule has 0 amide bonds. The number of aryl methyl sites for hydroxylation is 1. The van der Waals surface area contributed by atoms with Crippen LogP contribution in [0.5, 0.6) is 0 Å². The molecule has 30 heavy (non-hydrogen) atoms. The van der Waals surface area contributed by atoms with E-state index in [4.69, 9.17) is 4.74 Å². The van der Waals surface area contributed by atoms with E-state index in [9.17, 15) is 4.79 Å². The van der Waals surface area contributed by atoms with Crippen molar-refractivity contribution >= 4 is 11.5 Å². The molecule has 0 atom stereocenters. The third kappa shape index (κ3) is 6.72. The van der Waals surface area contributed by atoms with Gasteiger partial charge in [-0.15, -0.1) is 0 Å². The van der Waals surface area contributed by atoms with Crippen molar-refractivity contribution < 1.29 is 9.53 Å². The fourth-order valence-corrected chi connectivity index (χ4v) is 5.40. The summed E-state index contributed by atoms with van der Waals surface area (Å²) >= 11 is 0. The van der Waals surface area contributed by atoms with Gasteiger partial charge in [0, 0.05) is 0 Å². The number of carbonyl (C=O) groups is 1. The molecule has 0 aliphatic heterocycles. The maximum Gasteiger partial charge on any atom is 0.309 e. The summed E-state index contributed by atoms with van der Waals surface area (Å²) < 4.78 is 5.94. The third-order valence-electron chi connectivity index (χ3n) is 7.31. The summed E-state index contributed by atoms with van der Waals surface area (Å²) in [5.41, 5.74) is 4.14. The largest absolute Gasteiger partial charge is 0.462 e. The van der Waals surface area contributed by atoms with Crippen molar-refractivity contribution in [3.63, 3.8) is 0 Å². The zero-order valence-electron chi connectivity index (χ0n) is 19.5. The van der Waals surface area contributed by atoms with Crippen LogP contribution in [0.4, 0.5) is 0 Å².